The van der Waals surface area contributed by atoms with Gasteiger partial charge in [0.05, 0.1) is 11.7 Å². The van der Waals surface area contributed by atoms with Crippen molar-refractivity contribution in [2.75, 3.05) is 20.1 Å². The van der Waals surface area contributed by atoms with Gasteiger partial charge in [-0.3, -0.25) is 4.79 Å². The minimum atomic E-state index is 0.218. The molecule has 2 bridgehead atoms. The van der Waals surface area contributed by atoms with Crippen molar-refractivity contribution >= 4 is 5.91 Å². The van der Waals surface area contributed by atoms with E-state index in [1.165, 1.54) is 5.56 Å². The van der Waals surface area contributed by atoms with E-state index in [2.05, 4.69) is 26.8 Å². The molecule has 2 unspecified atom stereocenters. The van der Waals surface area contributed by atoms with Crippen molar-refractivity contribution in [3.8, 4) is 0 Å². The van der Waals surface area contributed by atoms with Crippen LogP contribution in [-0.4, -0.2) is 51.9 Å². The fourth-order valence-electron chi connectivity index (χ4n) is 4.23. The molecule has 4 rings (SSSR count). The van der Waals surface area contributed by atoms with Crippen LogP contribution in [0.25, 0.3) is 0 Å². The molecular weight excluding hydrogens is 264 g/mol. The summed E-state index contributed by atoms with van der Waals surface area (Å²) in [6, 6.07) is 0.594. The summed E-state index contributed by atoms with van der Waals surface area (Å²) in [4.78, 5) is 26.1. The molecule has 3 aliphatic heterocycles. The SMILES string of the molecule is CN1CCC(C(=O)N2C3CCC2c2cncnc2C3)CC1. The van der Waals surface area contributed by atoms with Gasteiger partial charge in [-0.2, -0.15) is 0 Å². The molecule has 112 valence electrons. The number of rotatable bonds is 1. The van der Waals surface area contributed by atoms with Gasteiger partial charge < -0.3 is 9.80 Å². The molecule has 1 amide bonds. The number of piperidine rings is 1. The van der Waals surface area contributed by atoms with Crippen LogP contribution in [0.3, 0.4) is 0 Å². The van der Waals surface area contributed by atoms with Crippen molar-refractivity contribution < 1.29 is 4.79 Å². The van der Waals surface area contributed by atoms with E-state index in [4.69, 9.17) is 0 Å². The second-order valence-corrected chi connectivity index (χ2v) is 6.70. The number of fused-ring (bicyclic) bond motifs is 4. The molecule has 0 N–H and O–H groups in total. The maximum atomic E-state index is 13.0. The van der Waals surface area contributed by atoms with Crippen LogP contribution in [0.2, 0.25) is 0 Å². The van der Waals surface area contributed by atoms with Crippen LogP contribution in [0.5, 0.6) is 0 Å². The van der Waals surface area contributed by atoms with Crippen LogP contribution in [-0.2, 0) is 11.2 Å². The summed E-state index contributed by atoms with van der Waals surface area (Å²) in [6.45, 7) is 2.08. The van der Waals surface area contributed by atoms with Crippen LogP contribution in [0, 0.1) is 5.92 Å². The molecule has 4 heterocycles. The van der Waals surface area contributed by atoms with E-state index in [9.17, 15) is 4.79 Å². The number of likely N-dealkylation sites (tertiary alicyclic amines) is 1. The Kier molecular flexibility index (Phi) is 3.17. The number of hydrogen-bond acceptors (Lipinski definition) is 4. The molecule has 0 aromatic carbocycles. The predicted octanol–water partition coefficient (Wildman–Crippen LogP) is 1.41. The molecule has 2 fully saturated rings. The first-order valence-electron chi connectivity index (χ1n) is 8.03. The largest absolute Gasteiger partial charge is 0.332 e. The highest BCUT2D eigenvalue weighted by Crippen LogP contribution is 2.44. The van der Waals surface area contributed by atoms with Gasteiger partial charge >= 0.3 is 0 Å². The van der Waals surface area contributed by atoms with Crippen molar-refractivity contribution in [3.63, 3.8) is 0 Å². The Bertz CT molecular complexity index is 553. The highest BCUT2D eigenvalue weighted by molar-refractivity contribution is 5.80. The van der Waals surface area contributed by atoms with Gasteiger partial charge in [0.25, 0.3) is 0 Å². The fourth-order valence-corrected chi connectivity index (χ4v) is 4.23. The summed E-state index contributed by atoms with van der Waals surface area (Å²) in [5.41, 5.74) is 2.34. The van der Waals surface area contributed by atoms with Gasteiger partial charge in [0.15, 0.2) is 0 Å². The zero-order chi connectivity index (χ0) is 14.4. The van der Waals surface area contributed by atoms with E-state index in [1.807, 2.05) is 6.20 Å². The van der Waals surface area contributed by atoms with Gasteiger partial charge in [-0.25, -0.2) is 9.97 Å². The minimum Gasteiger partial charge on any atom is -0.332 e. The van der Waals surface area contributed by atoms with Crippen LogP contribution in [0.4, 0.5) is 0 Å². The first-order chi connectivity index (χ1) is 10.2. The zero-order valence-corrected chi connectivity index (χ0v) is 12.5. The molecule has 5 nitrogen and oxygen atoms in total. The Balaban J connectivity index is 1.58. The van der Waals surface area contributed by atoms with Crippen LogP contribution < -0.4 is 0 Å². The minimum absolute atomic E-state index is 0.218. The number of nitrogens with zero attached hydrogens (tertiary/aromatic N) is 4. The van der Waals surface area contributed by atoms with Gasteiger partial charge in [0.2, 0.25) is 5.91 Å². The lowest BCUT2D eigenvalue weighted by atomic mass is 9.92. The number of hydrogen-bond donors (Lipinski definition) is 0. The van der Waals surface area contributed by atoms with Crippen molar-refractivity contribution in [2.45, 2.75) is 44.2 Å². The Morgan fingerprint density at radius 2 is 2.05 bits per heavy atom. The predicted molar refractivity (Wildman–Crippen MR) is 78.6 cm³/mol. The van der Waals surface area contributed by atoms with Crippen molar-refractivity contribution in [1.82, 2.24) is 19.8 Å². The van der Waals surface area contributed by atoms with Gasteiger partial charge in [0.1, 0.15) is 6.33 Å². The topological polar surface area (TPSA) is 49.3 Å². The monoisotopic (exact) mass is 286 g/mol. The van der Waals surface area contributed by atoms with Gasteiger partial charge in [0, 0.05) is 30.1 Å². The molecule has 5 heteroatoms. The summed E-state index contributed by atoms with van der Waals surface area (Å²) in [5.74, 6) is 0.598. The maximum absolute atomic E-state index is 13.0. The van der Waals surface area contributed by atoms with Crippen LogP contribution in [0.1, 0.15) is 43.0 Å². The summed E-state index contributed by atoms with van der Waals surface area (Å²) < 4.78 is 0. The third-order valence-corrected chi connectivity index (χ3v) is 5.44. The van der Waals surface area contributed by atoms with Gasteiger partial charge in [-0.1, -0.05) is 0 Å². The van der Waals surface area contributed by atoms with Crippen molar-refractivity contribution in [1.29, 1.82) is 0 Å². The molecule has 0 radical (unpaired) electrons. The lowest BCUT2D eigenvalue weighted by molar-refractivity contribution is -0.140. The molecule has 0 saturated carbocycles. The summed E-state index contributed by atoms with van der Waals surface area (Å²) in [5, 5.41) is 0. The fraction of sp³-hybridized carbons (Fsp3) is 0.688. The van der Waals surface area contributed by atoms with Gasteiger partial charge in [-0.15, -0.1) is 0 Å². The number of amides is 1. The second-order valence-electron chi connectivity index (χ2n) is 6.70. The third kappa shape index (κ3) is 2.14. The molecule has 0 spiro atoms. The summed E-state index contributed by atoms with van der Waals surface area (Å²) in [6.07, 6.45) is 8.65. The smallest absolute Gasteiger partial charge is 0.226 e. The Morgan fingerprint density at radius 3 is 2.86 bits per heavy atom. The molecule has 2 atom stereocenters. The van der Waals surface area contributed by atoms with E-state index in [-0.39, 0.29) is 12.0 Å². The van der Waals surface area contributed by atoms with E-state index in [1.54, 1.807) is 6.33 Å². The Morgan fingerprint density at radius 1 is 1.24 bits per heavy atom. The average molecular weight is 286 g/mol. The first-order valence-corrected chi connectivity index (χ1v) is 8.03. The van der Waals surface area contributed by atoms with E-state index < -0.39 is 0 Å². The van der Waals surface area contributed by atoms with E-state index in [0.717, 1.165) is 50.9 Å². The standard InChI is InChI=1S/C16H22N4O/c1-19-6-4-11(5-7-19)16(21)20-12-2-3-15(20)13-9-17-10-18-14(13)8-12/h9-12,15H,2-8H2,1H3. The molecular formula is C16H22N4O. The molecule has 0 aliphatic carbocycles. The first kappa shape index (κ1) is 13.2. The summed E-state index contributed by atoms with van der Waals surface area (Å²) in [7, 11) is 2.14. The van der Waals surface area contributed by atoms with Crippen molar-refractivity contribution in [3.05, 3.63) is 23.8 Å². The average Bonchev–Trinajstić information content (AvgIpc) is 2.82. The maximum Gasteiger partial charge on any atom is 0.226 e. The molecule has 3 aliphatic rings. The number of carbonyl (C=O) groups excluding carboxylic acids is 1. The molecule has 21 heavy (non-hydrogen) atoms. The molecule has 1 aromatic heterocycles. The lowest BCUT2D eigenvalue weighted by Gasteiger charge is -2.39. The Hall–Kier alpha value is -1.49. The number of aromatic nitrogens is 2. The Labute approximate surface area is 125 Å². The highest BCUT2D eigenvalue weighted by atomic mass is 16.2. The normalized spacial score (nSPS) is 29.5. The molecule has 2 saturated heterocycles. The van der Waals surface area contributed by atoms with Gasteiger partial charge in [-0.05, 0) is 45.8 Å². The quantitative estimate of drug-likeness (QED) is 0.783. The lowest BCUT2D eigenvalue weighted by Crippen LogP contribution is -2.47. The second kappa shape index (κ2) is 5.05. The van der Waals surface area contributed by atoms with E-state index in [0.29, 0.717) is 11.9 Å². The van der Waals surface area contributed by atoms with Crippen LogP contribution >= 0.6 is 0 Å². The zero-order valence-electron chi connectivity index (χ0n) is 12.5. The molecule has 1 aromatic rings. The highest BCUT2D eigenvalue weighted by Gasteiger charge is 2.45. The van der Waals surface area contributed by atoms with Crippen LogP contribution in [0.15, 0.2) is 12.5 Å². The van der Waals surface area contributed by atoms with Crippen molar-refractivity contribution in [2.24, 2.45) is 5.92 Å². The van der Waals surface area contributed by atoms with E-state index >= 15 is 0 Å². The number of carbonyl (C=O) groups is 1. The summed E-state index contributed by atoms with van der Waals surface area (Å²) >= 11 is 0. The third-order valence-electron chi connectivity index (χ3n) is 5.44.